The largest absolute Gasteiger partial charge is 0.495 e. The molecule has 0 saturated carbocycles. The van der Waals surface area contributed by atoms with Gasteiger partial charge < -0.3 is 10.1 Å². The van der Waals surface area contributed by atoms with Gasteiger partial charge in [-0.15, -0.1) is 11.3 Å². The van der Waals surface area contributed by atoms with E-state index in [0.717, 1.165) is 26.4 Å². The molecule has 0 aliphatic rings. The Kier molecular flexibility index (Phi) is 6.53. The number of amides is 1. The summed E-state index contributed by atoms with van der Waals surface area (Å²) in [6, 6.07) is 17.7. The second-order valence-corrected chi connectivity index (χ2v) is 9.36. The van der Waals surface area contributed by atoms with E-state index in [9.17, 15) is 4.79 Å². The minimum absolute atomic E-state index is 0.0722. The fourth-order valence-electron chi connectivity index (χ4n) is 3.48. The molecule has 2 heterocycles. The molecule has 0 spiro atoms. The lowest BCUT2D eigenvalue weighted by Gasteiger charge is -2.16. The van der Waals surface area contributed by atoms with Crippen molar-refractivity contribution in [3.05, 3.63) is 65.8 Å². The van der Waals surface area contributed by atoms with Crippen molar-refractivity contribution in [2.75, 3.05) is 12.4 Å². The van der Waals surface area contributed by atoms with Crippen LogP contribution >= 0.6 is 23.1 Å². The number of carbonyl (C=O) groups excluding carboxylic acids is 1. The number of carbonyl (C=O) groups is 1. The number of nitrogens with one attached hydrogen (secondary N) is 1. The van der Waals surface area contributed by atoms with E-state index in [-0.39, 0.29) is 11.2 Å². The summed E-state index contributed by atoms with van der Waals surface area (Å²) in [7, 11) is 1.60. The summed E-state index contributed by atoms with van der Waals surface area (Å²) in [5.41, 5.74) is 2.94. The van der Waals surface area contributed by atoms with Gasteiger partial charge in [-0.3, -0.25) is 4.79 Å². The van der Waals surface area contributed by atoms with Gasteiger partial charge in [0.05, 0.1) is 23.4 Å². The number of hydrogen-bond donors (Lipinski definition) is 1. The van der Waals surface area contributed by atoms with Gasteiger partial charge in [-0.05, 0) is 31.0 Å². The predicted octanol–water partition coefficient (Wildman–Crippen LogP) is 6.18. The number of nitrogens with zero attached hydrogens (tertiary/aromatic N) is 2. The van der Waals surface area contributed by atoms with Crippen LogP contribution < -0.4 is 10.1 Å². The molecule has 0 radical (unpaired) electrons. The van der Waals surface area contributed by atoms with E-state index in [1.165, 1.54) is 16.6 Å². The summed E-state index contributed by atoms with van der Waals surface area (Å²) < 4.78 is 5.36. The van der Waals surface area contributed by atoms with E-state index < -0.39 is 0 Å². The minimum Gasteiger partial charge on any atom is -0.495 e. The molecular formula is C24H23N3O2S2. The van der Waals surface area contributed by atoms with Crippen LogP contribution in [0.4, 0.5) is 5.69 Å². The van der Waals surface area contributed by atoms with Gasteiger partial charge >= 0.3 is 0 Å². The number of rotatable bonds is 7. The first kappa shape index (κ1) is 21.3. The molecule has 0 fully saturated rings. The fraction of sp³-hybridized carbons (Fsp3) is 0.208. The lowest BCUT2D eigenvalue weighted by Crippen LogP contribution is -2.25. The van der Waals surface area contributed by atoms with E-state index >= 15 is 0 Å². The maximum absolute atomic E-state index is 13.1. The average molecular weight is 450 g/mol. The summed E-state index contributed by atoms with van der Waals surface area (Å²) in [5, 5.41) is 4.55. The highest BCUT2D eigenvalue weighted by Gasteiger charge is 2.24. The highest BCUT2D eigenvalue weighted by Crippen LogP contribution is 2.42. The van der Waals surface area contributed by atoms with E-state index in [1.807, 2.05) is 49.4 Å². The molecule has 1 unspecified atom stereocenters. The third-order valence-corrected chi connectivity index (χ3v) is 7.35. The van der Waals surface area contributed by atoms with E-state index in [1.54, 1.807) is 24.8 Å². The van der Waals surface area contributed by atoms with Crippen LogP contribution in [0.3, 0.4) is 0 Å². The van der Waals surface area contributed by atoms with Crippen molar-refractivity contribution in [2.24, 2.45) is 0 Å². The van der Waals surface area contributed by atoms with E-state index in [4.69, 9.17) is 4.74 Å². The topological polar surface area (TPSA) is 64.1 Å². The van der Waals surface area contributed by atoms with Crippen molar-refractivity contribution in [2.45, 2.75) is 30.5 Å². The maximum atomic E-state index is 13.1. The van der Waals surface area contributed by atoms with Crippen LogP contribution in [0.15, 0.2) is 66.0 Å². The zero-order chi connectivity index (χ0) is 21.8. The monoisotopic (exact) mass is 449 g/mol. The first-order valence-electron chi connectivity index (χ1n) is 10.0. The lowest BCUT2D eigenvalue weighted by atomic mass is 10.0. The standard InChI is InChI=1S/C24H23N3O2S2/c1-4-19(22(28)27-17-12-8-9-13-18(17)29-3)31-24-21-20(16-10-6-5-7-11-16)15(2)30-23(21)25-14-26-24/h5-14,19H,4H2,1-3H3,(H,27,28). The van der Waals surface area contributed by atoms with Gasteiger partial charge in [-0.1, -0.05) is 61.2 Å². The quantitative estimate of drug-likeness (QED) is 0.269. The zero-order valence-electron chi connectivity index (χ0n) is 17.6. The fourth-order valence-corrected chi connectivity index (χ4v) is 5.58. The molecule has 31 heavy (non-hydrogen) atoms. The molecule has 0 bridgehead atoms. The molecule has 0 aliphatic heterocycles. The molecule has 1 amide bonds. The van der Waals surface area contributed by atoms with Crippen molar-refractivity contribution in [1.82, 2.24) is 9.97 Å². The number of aromatic nitrogens is 2. The van der Waals surface area contributed by atoms with Crippen molar-refractivity contribution in [1.29, 1.82) is 0 Å². The number of para-hydroxylation sites is 2. The molecular weight excluding hydrogens is 426 g/mol. The van der Waals surface area contributed by atoms with E-state index in [0.29, 0.717) is 17.9 Å². The Morgan fingerprint density at radius 1 is 1.13 bits per heavy atom. The summed E-state index contributed by atoms with van der Waals surface area (Å²) in [6.07, 6.45) is 2.25. The number of thiophene rings is 1. The van der Waals surface area contributed by atoms with Crippen LogP contribution in [-0.2, 0) is 4.79 Å². The Bertz CT molecular complexity index is 1210. The number of benzene rings is 2. The van der Waals surface area contributed by atoms with Gasteiger partial charge in [0.25, 0.3) is 0 Å². The Morgan fingerprint density at radius 2 is 1.87 bits per heavy atom. The van der Waals surface area contributed by atoms with Crippen molar-refractivity contribution < 1.29 is 9.53 Å². The minimum atomic E-state index is -0.299. The number of ether oxygens (including phenoxy) is 1. The van der Waals surface area contributed by atoms with Gasteiger partial charge in [0.15, 0.2) is 0 Å². The van der Waals surface area contributed by atoms with Crippen LogP contribution in [0.5, 0.6) is 5.75 Å². The molecule has 4 rings (SSSR count). The number of aryl methyl sites for hydroxylation is 1. The zero-order valence-corrected chi connectivity index (χ0v) is 19.2. The molecule has 2 aromatic heterocycles. The number of thioether (sulfide) groups is 1. The highest BCUT2D eigenvalue weighted by molar-refractivity contribution is 8.00. The second kappa shape index (κ2) is 9.49. The number of fused-ring (bicyclic) bond motifs is 1. The number of hydrogen-bond acceptors (Lipinski definition) is 6. The molecule has 0 saturated heterocycles. The summed E-state index contributed by atoms with van der Waals surface area (Å²) in [4.78, 5) is 24.3. The molecule has 5 nitrogen and oxygen atoms in total. The van der Waals surface area contributed by atoms with Gasteiger partial charge in [-0.25, -0.2) is 9.97 Å². The molecule has 1 N–H and O–H groups in total. The smallest absolute Gasteiger partial charge is 0.238 e. The van der Waals surface area contributed by atoms with Crippen LogP contribution in [0, 0.1) is 6.92 Å². The van der Waals surface area contributed by atoms with Crippen LogP contribution in [-0.4, -0.2) is 28.2 Å². The summed E-state index contributed by atoms with van der Waals surface area (Å²) in [6.45, 7) is 4.11. The van der Waals surface area contributed by atoms with Crippen LogP contribution in [0.1, 0.15) is 18.2 Å². The van der Waals surface area contributed by atoms with Crippen LogP contribution in [0.2, 0.25) is 0 Å². The molecule has 4 aromatic rings. The SMILES string of the molecule is CCC(Sc1ncnc2sc(C)c(-c3ccccc3)c12)C(=O)Nc1ccccc1OC. The Hall–Kier alpha value is -2.90. The molecule has 158 valence electrons. The predicted molar refractivity (Wildman–Crippen MR) is 129 cm³/mol. The van der Waals surface area contributed by atoms with Gasteiger partial charge in [0, 0.05) is 10.4 Å². The molecule has 7 heteroatoms. The van der Waals surface area contributed by atoms with Gasteiger partial charge in [0.1, 0.15) is 21.9 Å². The lowest BCUT2D eigenvalue weighted by molar-refractivity contribution is -0.115. The first-order chi connectivity index (χ1) is 15.1. The molecule has 2 aromatic carbocycles. The van der Waals surface area contributed by atoms with Gasteiger partial charge in [0.2, 0.25) is 5.91 Å². The van der Waals surface area contributed by atoms with Crippen molar-refractivity contribution in [3.8, 4) is 16.9 Å². The molecule has 0 aliphatic carbocycles. The highest BCUT2D eigenvalue weighted by atomic mass is 32.2. The summed E-state index contributed by atoms with van der Waals surface area (Å²) >= 11 is 3.14. The van der Waals surface area contributed by atoms with Crippen molar-refractivity contribution in [3.63, 3.8) is 0 Å². The number of methoxy groups -OCH3 is 1. The Morgan fingerprint density at radius 3 is 2.61 bits per heavy atom. The van der Waals surface area contributed by atoms with Crippen molar-refractivity contribution >= 4 is 44.9 Å². The third-order valence-electron chi connectivity index (χ3n) is 4.97. The second-order valence-electron chi connectivity index (χ2n) is 6.96. The average Bonchev–Trinajstić information content (AvgIpc) is 3.14. The Labute approximate surface area is 189 Å². The first-order valence-corrected chi connectivity index (χ1v) is 11.7. The van der Waals surface area contributed by atoms with Crippen LogP contribution in [0.25, 0.3) is 21.3 Å². The molecule has 1 atom stereocenters. The third kappa shape index (κ3) is 4.43. The normalized spacial score (nSPS) is 12.0. The number of anilines is 1. The van der Waals surface area contributed by atoms with E-state index in [2.05, 4.69) is 34.3 Å². The maximum Gasteiger partial charge on any atom is 0.238 e. The van der Waals surface area contributed by atoms with Gasteiger partial charge in [-0.2, -0.15) is 0 Å². The Balaban J connectivity index is 1.68. The summed E-state index contributed by atoms with van der Waals surface area (Å²) in [5.74, 6) is 0.567.